The number of nitrogens with zero attached hydrogens (tertiary/aromatic N) is 3. The van der Waals surface area contributed by atoms with Crippen molar-refractivity contribution in [3.63, 3.8) is 0 Å². The standard InChI is InChI=1S/C20H27F3N4O2S.C7H13NO/c1-7-18(3,4)27-14-8-13(20(21,22)23)12(9-24-14)15-11(2)26-17(30-15)16(28)25-10-19(5,6)29;1-7-4-2-3-5-8(7)6-9/h8-9,29H,7,10H2,1-6H3,(H,24,27)(H,25,28);6-7H,2-5H2,1H3. The van der Waals surface area contributed by atoms with Crippen molar-refractivity contribution in [3.8, 4) is 10.4 Å². The molecule has 1 aliphatic rings. The van der Waals surface area contributed by atoms with Crippen molar-refractivity contribution < 1.29 is 27.9 Å². The minimum Gasteiger partial charge on any atom is -0.389 e. The van der Waals surface area contributed by atoms with Crippen molar-refractivity contribution >= 4 is 29.5 Å². The number of aromatic nitrogens is 2. The Morgan fingerprint density at radius 2 is 1.92 bits per heavy atom. The van der Waals surface area contributed by atoms with Crippen LogP contribution in [0.4, 0.5) is 19.0 Å². The number of piperidine rings is 1. The van der Waals surface area contributed by atoms with Crippen molar-refractivity contribution in [2.75, 3.05) is 18.4 Å². The maximum Gasteiger partial charge on any atom is 0.417 e. The summed E-state index contributed by atoms with van der Waals surface area (Å²) in [5.74, 6) is -0.427. The van der Waals surface area contributed by atoms with Crippen molar-refractivity contribution in [1.29, 1.82) is 0 Å². The van der Waals surface area contributed by atoms with Gasteiger partial charge >= 0.3 is 6.18 Å². The van der Waals surface area contributed by atoms with Gasteiger partial charge in [-0.3, -0.25) is 9.59 Å². The second-order valence-electron chi connectivity index (χ2n) is 11.1. The zero-order valence-corrected chi connectivity index (χ0v) is 24.5. The first kappa shape index (κ1) is 32.5. The third kappa shape index (κ3) is 9.75. The van der Waals surface area contributed by atoms with Crippen molar-refractivity contribution in [3.05, 3.63) is 28.5 Å². The topological polar surface area (TPSA) is 107 Å². The molecule has 3 rings (SSSR count). The Labute approximate surface area is 232 Å². The summed E-state index contributed by atoms with van der Waals surface area (Å²) in [5.41, 5.74) is -2.20. The number of alkyl halides is 3. The molecule has 3 N–H and O–H groups in total. The summed E-state index contributed by atoms with van der Waals surface area (Å²) in [4.78, 5) is 33.0. The van der Waals surface area contributed by atoms with Gasteiger partial charge in [-0.2, -0.15) is 13.2 Å². The highest BCUT2D eigenvalue weighted by Gasteiger charge is 2.36. The monoisotopic (exact) mass is 571 g/mol. The van der Waals surface area contributed by atoms with Crippen molar-refractivity contribution in [2.24, 2.45) is 0 Å². The van der Waals surface area contributed by atoms with E-state index in [0.29, 0.717) is 18.2 Å². The van der Waals surface area contributed by atoms with E-state index >= 15 is 0 Å². The highest BCUT2D eigenvalue weighted by Crippen LogP contribution is 2.41. The predicted octanol–water partition coefficient (Wildman–Crippen LogP) is 5.65. The van der Waals surface area contributed by atoms with Crippen LogP contribution in [0.5, 0.6) is 0 Å². The molecule has 1 saturated heterocycles. The molecule has 2 amide bonds. The number of aryl methyl sites for hydroxylation is 1. The molecule has 3 heterocycles. The number of carbonyl (C=O) groups is 2. The number of amides is 2. The summed E-state index contributed by atoms with van der Waals surface area (Å²) in [7, 11) is 0. The van der Waals surface area contributed by atoms with E-state index < -0.39 is 28.8 Å². The van der Waals surface area contributed by atoms with Gasteiger partial charge in [-0.25, -0.2) is 9.97 Å². The molecule has 39 heavy (non-hydrogen) atoms. The number of halogens is 3. The maximum absolute atomic E-state index is 13.8. The molecular formula is C27H40F3N5O3S. The van der Waals surface area contributed by atoms with Gasteiger partial charge in [0.15, 0.2) is 5.01 Å². The van der Waals surface area contributed by atoms with E-state index in [1.807, 2.05) is 25.7 Å². The summed E-state index contributed by atoms with van der Waals surface area (Å²) < 4.78 is 41.4. The molecule has 8 nitrogen and oxygen atoms in total. The van der Waals surface area contributed by atoms with E-state index in [1.54, 1.807) is 6.92 Å². The fourth-order valence-corrected chi connectivity index (χ4v) is 4.77. The number of carbonyl (C=O) groups excluding carboxylic acids is 2. The molecular weight excluding hydrogens is 531 g/mol. The first-order chi connectivity index (χ1) is 18.0. The van der Waals surface area contributed by atoms with Gasteiger partial charge in [-0.05, 0) is 73.3 Å². The lowest BCUT2D eigenvalue weighted by Gasteiger charge is -2.29. The summed E-state index contributed by atoms with van der Waals surface area (Å²) in [6.45, 7) is 13.3. The molecule has 0 aromatic carbocycles. The molecule has 0 radical (unpaired) electrons. The highest BCUT2D eigenvalue weighted by atomic mass is 32.1. The van der Waals surface area contributed by atoms with Gasteiger partial charge in [0.25, 0.3) is 5.91 Å². The first-order valence-electron chi connectivity index (χ1n) is 13.0. The van der Waals surface area contributed by atoms with Gasteiger partial charge in [0.2, 0.25) is 6.41 Å². The normalized spacial score (nSPS) is 16.3. The minimum absolute atomic E-state index is 0.0112. The molecule has 12 heteroatoms. The van der Waals surface area contributed by atoms with Crippen molar-refractivity contribution in [2.45, 2.75) is 97.5 Å². The lowest BCUT2D eigenvalue weighted by molar-refractivity contribution is -0.137. The second-order valence-corrected chi connectivity index (χ2v) is 12.1. The highest BCUT2D eigenvalue weighted by molar-refractivity contribution is 7.17. The zero-order chi connectivity index (χ0) is 29.6. The van der Waals surface area contributed by atoms with Gasteiger partial charge in [-0.15, -0.1) is 11.3 Å². The van der Waals surface area contributed by atoms with Gasteiger partial charge in [0.1, 0.15) is 5.82 Å². The van der Waals surface area contributed by atoms with Crippen LogP contribution < -0.4 is 10.6 Å². The number of anilines is 1. The third-order valence-corrected chi connectivity index (χ3v) is 7.66. The molecule has 2 aromatic heterocycles. The third-order valence-electron chi connectivity index (χ3n) is 6.47. The summed E-state index contributed by atoms with van der Waals surface area (Å²) in [5, 5.41) is 15.3. The van der Waals surface area contributed by atoms with E-state index in [9.17, 15) is 27.9 Å². The molecule has 218 valence electrons. The fraction of sp³-hybridized carbons (Fsp3) is 0.630. The number of rotatable bonds is 8. The molecule has 0 aliphatic carbocycles. The van der Waals surface area contributed by atoms with Gasteiger partial charge in [0.05, 0.1) is 21.7 Å². The summed E-state index contributed by atoms with van der Waals surface area (Å²) in [6.07, 6.45) is 1.87. The Morgan fingerprint density at radius 3 is 2.44 bits per heavy atom. The van der Waals surface area contributed by atoms with E-state index in [0.717, 1.165) is 36.6 Å². The SMILES string of the molecule is CC1CCCCN1C=O.CCC(C)(C)Nc1cc(C(F)(F)F)c(-c2sc(C(=O)NCC(C)(C)O)nc2C)cn1. The summed E-state index contributed by atoms with van der Waals surface area (Å²) >= 11 is 0.860. The Balaban J connectivity index is 0.000000499. The molecule has 1 atom stereocenters. The van der Waals surface area contributed by atoms with Crippen LogP contribution in [-0.4, -0.2) is 62.6 Å². The minimum atomic E-state index is -4.61. The van der Waals surface area contributed by atoms with Crippen LogP contribution in [0.15, 0.2) is 12.3 Å². The molecule has 1 unspecified atom stereocenters. The molecule has 2 aromatic rings. The first-order valence-corrected chi connectivity index (χ1v) is 13.8. The smallest absolute Gasteiger partial charge is 0.389 e. The average molecular weight is 572 g/mol. The lowest BCUT2D eigenvalue weighted by atomic mass is 10.0. The number of likely N-dealkylation sites (tertiary alicyclic amines) is 1. The number of nitrogens with one attached hydrogen (secondary N) is 2. The van der Waals surface area contributed by atoms with Crippen LogP contribution in [0, 0.1) is 6.92 Å². The lowest BCUT2D eigenvalue weighted by Crippen LogP contribution is -2.38. The average Bonchev–Trinajstić information content (AvgIpc) is 3.23. The fourth-order valence-electron chi connectivity index (χ4n) is 3.77. The van der Waals surface area contributed by atoms with Gasteiger partial charge in [0, 0.05) is 36.4 Å². The Hall–Kier alpha value is -2.73. The largest absolute Gasteiger partial charge is 0.417 e. The van der Waals surface area contributed by atoms with E-state index in [1.165, 1.54) is 33.1 Å². The number of aliphatic hydroxyl groups is 1. The Kier molecular flexibility index (Phi) is 10.9. The van der Waals surface area contributed by atoms with Crippen LogP contribution in [-0.2, 0) is 11.0 Å². The number of thiazole rings is 1. The molecule has 0 bridgehead atoms. The van der Waals surface area contributed by atoms with Crippen LogP contribution in [0.2, 0.25) is 0 Å². The summed E-state index contributed by atoms with van der Waals surface area (Å²) in [6, 6.07) is 1.47. The maximum atomic E-state index is 13.8. The van der Waals surface area contributed by atoms with Crippen molar-refractivity contribution in [1.82, 2.24) is 20.2 Å². The predicted molar refractivity (Wildman–Crippen MR) is 148 cm³/mol. The van der Waals surface area contributed by atoms with Crippen LogP contribution >= 0.6 is 11.3 Å². The number of hydrogen-bond donors (Lipinski definition) is 3. The quantitative estimate of drug-likeness (QED) is 0.354. The Morgan fingerprint density at radius 1 is 1.26 bits per heavy atom. The Bertz CT molecular complexity index is 1130. The van der Waals surface area contributed by atoms with Crippen LogP contribution in [0.1, 0.15) is 88.3 Å². The van der Waals surface area contributed by atoms with Crippen LogP contribution in [0.3, 0.4) is 0 Å². The number of pyridine rings is 1. The zero-order valence-electron chi connectivity index (χ0n) is 23.7. The van der Waals surface area contributed by atoms with Gasteiger partial charge < -0.3 is 20.6 Å². The molecule has 0 saturated carbocycles. The number of hydrogen-bond acceptors (Lipinski definition) is 7. The van der Waals surface area contributed by atoms with E-state index in [4.69, 9.17) is 0 Å². The van der Waals surface area contributed by atoms with Crippen LogP contribution in [0.25, 0.3) is 10.4 Å². The molecule has 0 spiro atoms. The molecule has 1 fully saturated rings. The van der Waals surface area contributed by atoms with E-state index in [-0.39, 0.29) is 27.8 Å². The second kappa shape index (κ2) is 13.1. The van der Waals surface area contributed by atoms with Gasteiger partial charge in [-0.1, -0.05) is 6.92 Å². The molecule has 1 aliphatic heterocycles. The van der Waals surface area contributed by atoms with E-state index in [2.05, 4.69) is 27.5 Å².